The van der Waals surface area contributed by atoms with Gasteiger partial charge >= 0.3 is 0 Å². The van der Waals surface area contributed by atoms with Crippen molar-refractivity contribution in [2.75, 3.05) is 13.1 Å². The van der Waals surface area contributed by atoms with Crippen LogP contribution >= 0.6 is 0 Å². The van der Waals surface area contributed by atoms with Gasteiger partial charge in [-0.1, -0.05) is 37.3 Å². The Bertz CT molecular complexity index is 932. The first-order valence-corrected chi connectivity index (χ1v) is 9.56. The first-order valence-electron chi connectivity index (χ1n) is 9.56. The second-order valence-corrected chi connectivity index (χ2v) is 7.20. The van der Waals surface area contributed by atoms with E-state index >= 15 is 0 Å². The van der Waals surface area contributed by atoms with Crippen LogP contribution in [0.1, 0.15) is 35.7 Å². The maximum atomic E-state index is 13.1. The topological polar surface area (TPSA) is 92.6 Å². The number of nitrogens with one attached hydrogen (secondary N) is 1. The van der Waals surface area contributed by atoms with E-state index in [1.807, 2.05) is 0 Å². The Labute approximate surface area is 169 Å². The molecule has 1 aliphatic rings. The summed E-state index contributed by atoms with van der Waals surface area (Å²) in [7, 11) is 0. The Hall–Kier alpha value is -3.48. The predicted octanol–water partition coefficient (Wildman–Crippen LogP) is 3.62. The van der Waals surface area contributed by atoms with Gasteiger partial charge in [0.2, 0.25) is 0 Å². The molecule has 1 aliphatic heterocycles. The summed E-state index contributed by atoms with van der Waals surface area (Å²) >= 11 is 0. The van der Waals surface area contributed by atoms with Crippen molar-refractivity contribution in [3.8, 4) is 0 Å². The van der Waals surface area contributed by atoms with Gasteiger partial charge in [0.05, 0.1) is 4.92 Å². The van der Waals surface area contributed by atoms with E-state index in [0.717, 1.165) is 12.8 Å². The van der Waals surface area contributed by atoms with Gasteiger partial charge in [-0.05, 0) is 42.5 Å². The number of amides is 2. The molecule has 2 aromatic carbocycles. The minimum absolute atomic E-state index is 0.0771. The fraction of sp³-hybridized carbons (Fsp3) is 0.273. The summed E-state index contributed by atoms with van der Waals surface area (Å²) in [6, 6.07) is 14.6. The third-order valence-electron chi connectivity index (χ3n) is 4.98. The van der Waals surface area contributed by atoms with E-state index in [1.165, 1.54) is 18.2 Å². The van der Waals surface area contributed by atoms with Crippen molar-refractivity contribution < 1.29 is 14.5 Å². The van der Waals surface area contributed by atoms with E-state index in [-0.39, 0.29) is 17.3 Å². The summed E-state index contributed by atoms with van der Waals surface area (Å²) in [5.41, 5.74) is 0.930. The minimum Gasteiger partial charge on any atom is -0.337 e. The number of non-ortho nitro benzene ring substituents is 1. The van der Waals surface area contributed by atoms with Crippen LogP contribution in [0.3, 0.4) is 0 Å². The zero-order chi connectivity index (χ0) is 20.8. The summed E-state index contributed by atoms with van der Waals surface area (Å²) in [5, 5.41) is 13.8. The second kappa shape index (κ2) is 9.14. The molecule has 2 aromatic rings. The number of nitro groups is 1. The van der Waals surface area contributed by atoms with Crippen LogP contribution in [0.2, 0.25) is 0 Å². The highest BCUT2D eigenvalue weighted by Crippen LogP contribution is 2.20. The number of hydrogen-bond acceptors (Lipinski definition) is 4. The van der Waals surface area contributed by atoms with E-state index in [9.17, 15) is 19.7 Å². The van der Waals surface area contributed by atoms with Gasteiger partial charge in [-0.15, -0.1) is 0 Å². The minimum atomic E-state index is -0.493. The number of nitro benzene ring substituents is 1. The van der Waals surface area contributed by atoms with Gasteiger partial charge in [0.15, 0.2) is 0 Å². The van der Waals surface area contributed by atoms with E-state index < -0.39 is 10.8 Å². The van der Waals surface area contributed by atoms with Gasteiger partial charge in [0.25, 0.3) is 17.5 Å². The Morgan fingerprint density at radius 1 is 1.10 bits per heavy atom. The lowest BCUT2D eigenvalue weighted by molar-refractivity contribution is -0.384. The van der Waals surface area contributed by atoms with E-state index in [1.54, 1.807) is 47.4 Å². The molecule has 0 spiro atoms. The fourth-order valence-electron chi connectivity index (χ4n) is 3.21. The molecule has 0 aliphatic carbocycles. The van der Waals surface area contributed by atoms with Gasteiger partial charge in [-0.2, -0.15) is 0 Å². The molecule has 1 fully saturated rings. The van der Waals surface area contributed by atoms with Gasteiger partial charge in [-0.3, -0.25) is 19.7 Å². The van der Waals surface area contributed by atoms with Crippen molar-refractivity contribution in [3.05, 3.63) is 81.5 Å². The molecule has 0 atom stereocenters. The fourth-order valence-corrected chi connectivity index (χ4v) is 3.21. The molecule has 3 rings (SSSR count). The smallest absolute Gasteiger partial charge is 0.270 e. The second-order valence-electron chi connectivity index (χ2n) is 7.20. The molecule has 1 saturated heterocycles. The maximum absolute atomic E-state index is 13.1. The molecule has 2 amide bonds. The molecule has 1 heterocycles. The highest BCUT2D eigenvalue weighted by Gasteiger charge is 2.24. The quantitative estimate of drug-likeness (QED) is 0.477. The zero-order valence-corrected chi connectivity index (χ0v) is 16.2. The van der Waals surface area contributed by atoms with E-state index in [4.69, 9.17) is 0 Å². The zero-order valence-electron chi connectivity index (χ0n) is 16.2. The lowest BCUT2D eigenvalue weighted by atomic mass is 9.99. The first kappa shape index (κ1) is 20.3. The number of rotatable bonds is 5. The Kier molecular flexibility index (Phi) is 6.39. The number of carbonyl (C=O) groups is 2. The number of nitrogens with zero attached hydrogens (tertiary/aromatic N) is 2. The van der Waals surface area contributed by atoms with Gasteiger partial charge in [0, 0.05) is 30.8 Å². The first-order chi connectivity index (χ1) is 13.9. The average molecular weight is 393 g/mol. The average Bonchev–Trinajstić information content (AvgIpc) is 2.74. The van der Waals surface area contributed by atoms with Crippen molar-refractivity contribution in [2.24, 2.45) is 5.92 Å². The normalized spacial score (nSPS) is 15.1. The van der Waals surface area contributed by atoms with Crippen molar-refractivity contribution in [2.45, 2.75) is 19.8 Å². The van der Waals surface area contributed by atoms with Gasteiger partial charge in [-0.25, -0.2) is 0 Å². The maximum Gasteiger partial charge on any atom is 0.270 e. The largest absolute Gasteiger partial charge is 0.337 e. The number of hydrogen-bond donors (Lipinski definition) is 1. The molecule has 7 heteroatoms. The summed E-state index contributed by atoms with van der Waals surface area (Å²) in [6.07, 6.45) is 3.30. The molecule has 1 N–H and O–H groups in total. The molecule has 0 bridgehead atoms. The van der Waals surface area contributed by atoms with Crippen LogP contribution < -0.4 is 5.32 Å². The van der Waals surface area contributed by atoms with Crippen LogP contribution in [0.15, 0.2) is 60.3 Å². The SMILES string of the molecule is CC1CCN(C(=O)C(=Cc2cccc([N+](=O)[O-])c2)NC(=O)c2ccccc2)CC1. The molecule has 0 saturated carbocycles. The molecule has 0 unspecified atom stereocenters. The van der Waals surface area contributed by atoms with Gasteiger partial charge < -0.3 is 10.2 Å². The van der Waals surface area contributed by atoms with Crippen LogP contribution in [0, 0.1) is 16.0 Å². The van der Waals surface area contributed by atoms with Crippen LogP contribution in [0.4, 0.5) is 5.69 Å². The molecule has 0 aromatic heterocycles. The number of carbonyl (C=O) groups excluding carboxylic acids is 2. The molecular formula is C22H23N3O4. The molecule has 7 nitrogen and oxygen atoms in total. The Morgan fingerprint density at radius 3 is 2.45 bits per heavy atom. The van der Waals surface area contributed by atoms with Crippen molar-refractivity contribution in [3.63, 3.8) is 0 Å². The third kappa shape index (κ3) is 5.28. The summed E-state index contributed by atoms with van der Waals surface area (Å²) < 4.78 is 0. The Morgan fingerprint density at radius 2 is 1.79 bits per heavy atom. The van der Waals surface area contributed by atoms with Crippen molar-refractivity contribution in [1.82, 2.24) is 10.2 Å². The lowest BCUT2D eigenvalue weighted by Gasteiger charge is -2.31. The molecule has 29 heavy (non-hydrogen) atoms. The van der Waals surface area contributed by atoms with Crippen LogP contribution in [0.25, 0.3) is 6.08 Å². The molecule has 0 radical (unpaired) electrons. The van der Waals surface area contributed by atoms with Crippen LogP contribution in [-0.2, 0) is 4.79 Å². The van der Waals surface area contributed by atoms with Crippen LogP contribution in [0.5, 0.6) is 0 Å². The summed E-state index contributed by atoms with van der Waals surface area (Å²) in [4.78, 5) is 38.0. The highest BCUT2D eigenvalue weighted by molar-refractivity contribution is 6.05. The van der Waals surface area contributed by atoms with E-state index in [2.05, 4.69) is 12.2 Å². The summed E-state index contributed by atoms with van der Waals surface area (Å²) in [6.45, 7) is 3.39. The number of piperidine rings is 1. The van der Waals surface area contributed by atoms with E-state index in [0.29, 0.717) is 30.1 Å². The monoisotopic (exact) mass is 393 g/mol. The van der Waals surface area contributed by atoms with Crippen molar-refractivity contribution >= 4 is 23.6 Å². The highest BCUT2D eigenvalue weighted by atomic mass is 16.6. The summed E-state index contributed by atoms with van der Waals surface area (Å²) in [5.74, 6) is -0.129. The van der Waals surface area contributed by atoms with Crippen molar-refractivity contribution in [1.29, 1.82) is 0 Å². The van der Waals surface area contributed by atoms with Gasteiger partial charge in [0.1, 0.15) is 5.70 Å². The standard InChI is InChI=1S/C22H23N3O4/c1-16-10-12-24(13-11-16)22(27)20(23-21(26)18-7-3-2-4-8-18)15-17-6-5-9-19(14-17)25(28)29/h2-9,14-16H,10-13H2,1H3,(H,23,26). The number of likely N-dealkylation sites (tertiary alicyclic amines) is 1. The molecular weight excluding hydrogens is 370 g/mol. The Balaban J connectivity index is 1.90. The number of benzene rings is 2. The van der Waals surface area contributed by atoms with Crippen LogP contribution in [-0.4, -0.2) is 34.7 Å². The lowest BCUT2D eigenvalue weighted by Crippen LogP contribution is -2.42. The molecule has 150 valence electrons. The predicted molar refractivity (Wildman–Crippen MR) is 110 cm³/mol. The third-order valence-corrected chi connectivity index (χ3v) is 4.98.